The first-order chi connectivity index (χ1) is 10.3. The minimum absolute atomic E-state index is 0.0408. The fourth-order valence-electron chi connectivity index (χ4n) is 2.43. The van der Waals surface area contributed by atoms with Crippen LogP contribution in [-0.4, -0.2) is 23.1 Å². The molecule has 0 saturated carbocycles. The maximum absolute atomic E-state index is 5.56. The molecule has 0 aliphatic heterocycles. The van der Waals surface area contributed by atoms with Crippen LogP contribution < -0.4 is 10.1 Å². The maximum Gasteiger partial charge on any atom is 0.137 e. The van der Waals surface area contributed by atoms with E-state index in [-0.39, 0.29) is 6.04 Å². The SMILES string of the molecule is CCNC(c1cncc(OCC)c1)c1ncccc1CC. The van der Waals surface area contributed by atoms with Crippen molar-refractivity contribution >= 4 is 0 Å². The molecule has 4 heteroatoms. The van der Waals surface area contributed by atoms with Crippen LogP contribution in [0.2, 0.25) is 0 Å². The lowest BCUT2D eigenvalue weighted by atomic mass is 9.99. The largest absolute Gasteiger partial charge is 0.492 e. The summed E-state index contributed by atoms with van der Waals surface area (Å²) in [4.78, 5) is 8.88. The van der Waals surface area contributed by atoms with E-state index in [1.54, 1.807) is 6.20 Å². The van der Waals surface area contributed by atoms with Crippen LogP contribution in [0.5, 0.6) is 5.75 Å². The van der Waals surface area contributed by atoms with Crippen molar-refractivity contribution < 1.29 is 4.74 Å². The number of pyridine rings is 2. The first-order valence-corrected chi connectivity index (χ1v) is 7.55. The van der Waals surface area contributed by atoms with Gasteiger partial charge in [0, 0.05) is 12.4 Å². The zero-order valence-electron chi connectivity index (χ0n) is 13.0. The fourth-order valence-corrected chi connectivity index (χ4v) is 2.43. The van der Waals surface area contributed by atoms with Gasteiger partial charge in [0.25, 0.3) is 0 Å². The van der Waals surface area contributed by atoms with E-state index in [1.807, 2.05) is 31.5 Å². The molecule has 2 aromatic heterocycles. The van der Waals surface area contributed by atoms with Gasteiger partial charge >= 0.3 is 0 Å². The molecule has 2 rings (SSSR count). The molecule has 1 unspecified atom stereocenters. The molecule has 0 aliphatic rings. The van der Waals surface area contributed by atoms with Gasteiger partial charge in [-0.2, -0.15) is 0 Å². The molecule has 2 heterocycles. The van der Waals surface area contributed by atoms with E-state index in [4.69, 9.17) is 4.74 Å². The van der Waals surface area contributed by atoms with Crippen LogP contribution in [0.1, 0.15) is 43.6 Å². The van der Waals surface area contributed by atoms with Crippen molar-refractivity contribution in [3.63, 3.8) is 0 Å². The van der Waals surface area contributed by atoms with E-state index in [0.29, 0.717) is 6.61 Å². The van der Waals surface area contributed by atoms with Crippen LogP contribution >= 0.6 is 0 Å². The minimum atomic E-state index is 0.0408. The summed E-state index contributed by atoms with van der Waals surface area (Å²) in [6.45, 7) is 7.73. The molecule has 4 nitrogen and oxygen atoms in total. The van der Waals surface area contributed by atoms with Gasteiger partial charge in [0.1, 0.15) is 5.75 Å². The van der Waals surface area contributed by atoms with Crippen LogP contribution in [0.15, 0.2) is 36.8 Å². The number of nitrogens with zero attached hydrogens (tertiary/aromatic N) is 2. The molecule has 0 bridgehead atoms. The molecule has 0 spiro atoms. The second kappa shape index (κ2) is 7.74. The van der Waals surface area contributed by atoms with Crippen LogP contribution in [0, 0.1) is 0 Å². The average Bonchev–Trinajstić information content (AvgIpc) is 2.53. The first-order valence-electron chi connectivity index (χ1n) is 7.55. The highest BCUT2D eigenvalue weighted by Crippen LogP contribution is 2.25. The minimum Gasteiger partial charge on any atom is -0.492 e. The molecule has 0 aromatic carbocycles. The van der Waals surface area contributed by atoms with E-state index >= 15 is 0 Å². The van der Waals surface area contributed by atoms with Gasteiger partial charge in [0.15, 0.2) is 0 Å². The lowest BCUT2D eigenvalue weighted by Crippen LogP contribution is -2.24. The van der Waals surface area contributed by atoms with E-state index in [2.05, 4.69) is 35.2 Å². The van der Waals surface area contributed by atoms with Crippen LogP contribution in [0.25, 0.3) is 0 Å². The summed E-state index contributed by atoms with van der Waals surface area (Å²) in [5.41, 5.74) is 3.40. The summed E-state index contributed by atoms with van der Waals surface area (Å²) >= 11 is 0. The molecule has 21 heavy (non-hydrogen) atoms. The van der Waals surface area contributed by atoms with Crippen molar-refractivity contribution in [2.75, 3.05) is 13.2 Å². The normalized spacial score (nSPS) is 12.1. The van der Waals surface area contributed by atoms with Gasteiger partial charge in [-0.25, -0.2) is 0 Å². The van der Waals surface area contributed by atoms with Crippen molar-refractivity contribution in [3.8, 4) is 5.75 Å². The smallest absolute Gasteiger partial charge is 0.137 e. The summed E-state index contributed by atoms with van der Waals surface area (Å²) in [7, 11) is 0. The molecule has 1 atom stereocenters. The lowest BCUT2D eigenvalue weighted by Gasteiger charge is -2.20. The molecule has 1 N–H and O–H groups in total. The third-order valence-corrected chi connectivity index (χ3v) is 3.37. The van der Waals surface area contributed by atoms with Crippen molar-refractivity contribution in [2.45, 2.75) is 33.2 Å². The van der Waals surface area contributed by atoms with Crippen LogP contribution in [0.4, 0.5) is 0 Å². The summed E-state index contributed by atoms with van der Waals surface area (Å²) in [5.74, 6) is 0.798. The Bertz CT molecular complexity index is 571. The molecule has 0 amide bonds. The van der Waals surface area contributed by atoms with Crippen LogP contribution in [-0.2, 0) is 6.42 Å². The molecule has 0 saturated heterocycles. The molecule has 0 aliphatic carbocycles. The highest BCUT2D eigenvalue weighted by atomic mass is 16.5. The number of aryl methyl sites for hydroxylation is 1. The van der Waals surface area contributed by atoms with Crippen molar-refractivity contribution in [1.82, 2.24) is 15.3 Å². The van der Waals surface area contributed by atoms with Gasteiger partial charge < -0.3 is 10.1 Å². The first kappa shape index (κ1) is 15.4. The highest BCUT2D eigenvalue weighted by molar-refractivity contribution is 5.34. The maximum atomic E-state index is 5.56. The molecule has 112 valence electrons. The van der Waals surface area contributed by atoms with Gasteiger partial charge in [-0.3, -0.25) is 9.97 Å². The predicted molar refractivity (Wildman–Crippen MR) is 84.5 cm³/mol. The molecule has 2 aromatic rings. The van der Waals surface area contributed by atoms with E-state index < -0.39 is 0 Å². The quantitative estimate of drug-likeness (QED) is 0.849. The van der Waals surface area contributed by atoms with Gasteiger partial charge in [-0.15, -0.1) is 0 Å². The van der Waals surface area contributed by atoms with Crippen LogP contribution in [0.3, 0.4) is 0 Å². The van der Waals surface area contributed by atoms with Gasteiger partial charge in [0.05, 0.1) is 24.5 Å². The summed E-state index contributed by atoms with van der Waals surface area (Å²) in [6.07, 6.45) is 6.43. The Morgan fingerprint density at radius 1 is 1.24 bits per heavy atom. The number of aromatic nitrogens is 2. The standard InChI is InChI=1S/C17H23N3O/c1-4-13-8-7-9-20-16(13)17(19-5-2)14-10-15(21-6-3)12-18-11-14/h7-12,17,19H,4-6H2,1-3H3. The Morgan fingerprint density at radius 2 is 2.10 bits per heavy atom. The second-order valence-electron chi connectivity index (χ2n) is 4.78. The monoisotopic (exact) mass is 285 g/mol. The number of nitrogens with one attached hydrogen (secondary N) is 1. The number of ether oxygens (including phenoxy) is 1. The van der Waals surface area contributed by atoms with E-state index in [9.17, 15) is 0 Å². The zero-order chi connectivity index (χ0) is 15.1. The summed E-state index contributed by atoms with van der Waals surface area (Å²) < 4.78 is 5.56. The summed E-state index contributed by atoms with van der Waals surface area (Å²) in [6, 6.07) is 6.20. The fraction of sp³-hybridized carbons (Fsp3) is 0.412. The van der Waals surface area contributed by atoms with Gasteiger partial charge in [0.2, 0.25) is 0 Å². The Kier molecular flexibility index (Phi) is 5.69. The zero-order valence-corrected chi connectivity index (χ0v) is 13.0. The Balaban J connectivity index is 2.40. The number of rotatable bonds is 7. The van der Waals surface area contributed by atoms with Gasteiger partial charge in [-0.05, 0) is 43.1 Å². The highest BCUT2D eigenvalue weighted by Gasteiger charge is 2.18. The number of hydrogen-bond acceptors (Lipinski definition) is 4. The third kappa shape index (κ3) is 3.79. The predicted octanol–water partition coefficient (Wildman–Crippen LogP) is 3.14. The molecular weight excluding hydrogens is 262 g/mol. The van der Waals surface area contributed by atoms with E-state index in [0.717, 1.165) is 30.0 Å². The van der Waals surface area contributed by atoms with Gasteiger partial charge in [-0.1, -0.05) is 19.9 Å². The lowest BCUT2D eigenvalue weighted by molar-refractivity contribution is 0.338. The summed E-state index contributed by atoms with van der Waals surface area (Å²) in [5, 5.41) is 3.50. The Morgan fingerprint density at radius 3 is 2.81 bits per heavy atom. The van der Waals surface area contributed by atoms with E-state index in [1.165, 1.54) is 5.56 Å². The van der Waals surface area contributed by atoms with Crippen molar-refractivity contribution in [2.24, 2.45) is 0 Å². The van der Waals surface area contributed by atoms with Crippen molar-refractivity contribution in [3.05, 3.63) is 53.6 Å². The topological polar surface area (TPSA) is 47.0 Å². The number of hydrogen-bond donors (Lipinski definition) is 1. The Labute approximate surface area is 126 Å². The molecular formula is C17H23N3O. The third-order valence-electron chi connectivity index (χ3n) is 3.37. The Hall–Kier alpha value is -1.94. The van der Waals surface area contributed by atoms with Crippen molar-refractivity contribution in [1.29, 1.82) is 0 Å². The second-order valence-corrected chi connectivity index (χ2v) is 4.78. The average molecular weight is 285 g/mol. The molecule has 0 fully saturated rings. The molecule has 0 radical (unpaired) electrons.